The van der Waals surface area contributed by atoms with E-state index in [1.54, 1.807) is 0 Å². The zero-order valence-corrected chi connectivity index (χ0v) is 10.6. The Labute approximate surface area is 115 Å². The number of nitrogens with one attached hydrogen (secondary N) is 1. The van der Waals surface area contributed by atoms with Crippen molar-refractivity contribution in [2.75, 3.05) is 0 Å². The van der Waals surface area contributed by atoms with Gasteiger partial charge in [0.2, 0.25) is 5.82 Å². The Kier molecular flexibility index (Phi) is 2.32. The summed E-state index contributed by atoms with van der Waals surface area (Å²) in [5.41, 5.74) is 3.18. The van der Waals surface area contributed by atoms with Crippen molar-refractivity contribution in [3.05, 3.63) is 49.4 Å². The fourth-order valence-electron chi connectivity index (χ4n) is 2.67. The van der Waals surface area contributed by atoms with Crippen LogP contribution in [0.25, 0.3) is 33.2 Å². The number of hydrogen-bond acceptors (Lipinski definition) is 3. The molecular weight excluding hydrogens is 250 g/mol. The van der Waals surface area contributed by atoms with Crippen molar-refractivity contribution in [1.82, 2.24) is 25.2 Å². The van der Waals surface area contributed by atoms with Crippen LogP contribution in [0, 0.1) is 6.92 Å². The normalized spacial score (nSPS) is 11.4. The Morgan fingerprint density at radius 2 is 1.90 bits per heavy atom. The Bertz CT molecular complexity index is 889. The summed E-state index contributed by atoms with van der Waals surface area (Å²) < 4.78 is 2.10. The summed E-state index contributed by atoms with van der Waals surface area (Å²) in [5.74, 6) is 0.594. The number of rotatable bonds is 2. The lowest BCUT2D eigenvalue weighted by Gasteiger charge is -2.02. The minimum Gasteiger partial charge on any atom is -0.340 e. The van der Waals surface area contributed by atoms with E-state index in [1.165, 1.54) is 5.39 Å². The van der Waals surface area contributed by atoms with Crippen molar-refractivity contribution in [1.29, 1.82) is 0 Å². The van der Waals surface area contributed by atoms with Crippen molar-refractivity contribution in [3.63, 3.8) is 0 Å². The second kappa shape index (κ2) is 4.16. The van der Waals surface area contributed by atoms with Crippen LogP contribution in [0.2, 0.25) is 0 Å². The van der Waals surface area contributed by atoms with Crippen LogP contribution in [0.5, 0.6) is 0 Å². The van der Waals surface area contributed by atoms with Gasteiger partial charge in [0.1, 0.15) is 0 Å². The molecule has 0 fully saturated rings. The fourth-order valence-corrected chi connectivity index (χ4v) is 2.67. The molecule has 96 valence electrons. The number of benzene rings is 2. The monoisotopic (exact) mass is 261 g/mol. The summed E-state index contributed by atoms with van der Waals surface area (Å²) in [6, 6.07) is 14.3. The SMILES string of the molecule is [CH]Cn1c2ccccc2c2cc(-c3nn[nH]n3)ccc21. The summed E-state index contributed by atoms with van der Waals surface area (Å²) in [4.78, 5) is 0. The summed E-state index contributed by atoms with van der Waals surface area (Å²) in [5, 5.41) is 16.4. The van der Waals surface area contributed by atoms with Crippen LogP contribution in [0.4, 0.5) is 0 Å². The smallest absolute Gasteiger partial charge is 0.204 e. The highest BCUT2D eigenvalue weighted by molar-refractivity contribution is 6.09. The van der Waals surface area contributed by atoms with Gasteiger partial charge in [-0.2, -0.15) is 5.21 Å². The highest BCUT2D eigenvalue weighted by Crippen LogP contribution is 2.31. The van der Waals surface area contributed by atoms with Gasteiger partial charge >= 0.3 is 0 Å². The molecule has 0 spiro atoms. The van der Waals surface area contributed by atoms with Gasteiger partial charge in [-0.1, -0.05) is 18.2 Å². The molecule has 0 aliphatic carbocycles. The third-order valence-corrected chi connectivity index (χ3v) is 3.56. The molecule has 5 nitrogen and oxygen atoms in total. The molecule has 0 bridgehead atoms. The van der Waals surface area contributed by atoms with E-state index in [2.05, 4.69) is 43.4 Å². The van der Waals surface area contributed by atoms with Gasteiger partial charge in [0, 0.05) is 33.9 Å². The van der Waals surface area contributed by atoms with Crippen LogP contribution in [0.15, 0.2) is 42.5 Å². The number of para-hydroxylation sites is 1. The van der Waals surface area contributed by atoms with Gasteiger partial charge in [0.25, 0.3) is 0 Å². The summed E-state index contributed by atoms with van der Waals surface area (Å²) in [7, 11) is 0. The summed E-state index contributed by atoms with van der Waals surface area (Å²) in [6.07, 6.45) is 0. The third kappa shape index (κ3) is 1.46. The first-order valence-electron chi connectivity index (χ1n) is 6.33. The zero-order valence-electron chi connectivity index (χ0n) is 10.6. The molecule has 0 aliphatic rings. The number of nitrogens with zero attached hydrogens (tertiary/aromatic N) is 4. The van der Waals surface area contributed by atoms with Crippen molar-refractivity contribution in [3.8, 4) is 11.4 Å². The summed E-state index contributed by atoms with van der Waals surface area (Å²) >= 11 is 0. The second-order valence-corrected chi connectivity index (χ2v) is 4.60. The zero-order chi connectivity index (χ0) is 13.5. The van der Waals surface area contributed by atoms with Gasteiger partial charge in [-0.15, -0.1) is 10.2 Å². The molecule has 0 aliphatic heterocycles. The summed E-state index contributed by atoms with van der Waals surface area (Å²) in [6.45, 7) is 6.33. The molecule has 2 radical (unpaired) electrons. The average Bonchev–Trinajstić information content (AvgIpc) is 3.12. The number of H-pyrrole nitrogens is 1. The van der Waals surface area contributed by atoms with E-state index in [4.69, 9.17) is 6.92 Å². The Hall–Kier alpha value is -2.69. The molecular formula is C15H11N5. The number of fused-ring (bicyclic) bond motifs is 3. The predicted molar refractivity (Wildman–Crippen MR) is 76.9 cm³/mol. The minimum atomic E-state index is 0.450. The Morgan fingerprint density at radius 1 is 1.05 bits per heavy atom. The van der Waals surface area contributed by atoms with Gasteiger partial charge in [-0.05, 0) is 36.4 Å². The van der Waals surface area contributed by atoms with E-state index >= 15 is 0 Å². The maximum Gasteiger partial charge on any atom is 0.204 e. The molecule has 0 saturated carbocycles. The van der Waals surface area contributed by atoms with Crippen LogP contribution in [-0.4, -0.2) is 25.2 Å². The van der Waals surface area contributed by atoms with Crippen LogP contribution >= 0.6 is 0 Å². The number of hydrogen-bond donors (Lipinski definition) is 1. The Morgan fingerprint density at radius 3 is 2.70 bits per heavy atom. The molecule has 2 aromatic carbocycles. The van der Waals surface area contributed by atoms with Gasteiger partial charge in [0.05, 0.1) is 0 Å². The lowest BCUT2D eigenvalue weighted by Crippen LogP contribution is -1.92. The van der Waals surface area contributed by atoms with E-state index in [0.717, 1.165) is 22.0 Å². The van der Waals surface area contributed by atoms with E-state index < -0.39 is 0 Å². The van der Waals surface area contributed by atoms with Crippen molar-refractivity contribution >= 4 is 21.8 Å². The molecule has 2 heterocycles. The number of aromatic nitrogens is 5. The molecule has 0 saturated heterocycles. The molecule has 5 heteroatoms. The molecule has 1 N–H and O–H groups in total. The topological polar surface area (TPSA) is 59.4 Å². The fraction of sp³-hybridized carbons (Fsp3) is 0.0667. The van der Waals surface area contributed by atoms with Crippen molar-refractivity contribution < 1.29 is 0 Å². The minimum absolute atomic E-state index is 0.450. The van der Waals surface area contributed by atoms with Crippen LogP contribution in [0.3, 0.4) is 0 Å². The molecule has 2 aromatic heterocycles. The lowest BCUT2D eigenvalue weighted by molar-refractivity contribution is 0.881. The average molecular weight is 261 g/mol. The van der Waals surface area contributed by atoms with E-state index in [0.29, 0.717) is 12.4 Å². The van der Waals surface area contributed by atoms with E-state index in [1.807, 2.05) is 24.3 Å². The molecule has 0 atom stereocenters. The van der Waals surface area contributed by atoms with Crippen LogP contribution in [0.1, 0.15) is 0 Å². The van der Waals surface area contributed by atoms with Crippen LogP contribution < -0.4 is 0 Å². The maximum atomic E-state index is 5.88. The van der Waals surface area contributed by atoms with Gasteiger partial charge in [-0.3, -0.25) is 0 Å². The van der Waals surface area contributed by atoms with Crippen molar-refractivity contribution in [2.24, 2.45) is 0 Å². The molecule has 4 aromatic rings. The molecule has 4 rings (SSSR count). The standard InChI is InChI=1S/C15H11N5/c1-2-20-13-6-4-3-5-11(13)12-9-10(7-8-14(12)20)15-16-18-19-17-15/h1,3-9H,2H2,(H,16,17,18,19). The molecule has 0 unspecified atom stereocenters. The van der Waals surface area contributed by atoms with Gasteiger partial charge in [-0.25, -0.2) is 0 Å². The van der Waals surface area contributed by atoms with Gasteiger partial charge < -0.3 is 4.57 Å². The second-order valence-electron chi connectivity index (χ2n) is 4.60. The highest BCUT2D eigenvalue weighted by Gasteiger charge is 2.11. The third-order valence-electron chi connectivity index (χ3n) is 3.56. The van der Waals surface area contributed by atoms with Crippen LogP contribution in [-0.2, 0) is 6.54 Å². The first-order valence-corrected chi connectivity index (χ1v) is 6.33. The van der Waals surface area contributed by atoms with E-state index in [-0.39, 0.29) is 0 Å². The quantitative estimate of drug-likeness (QED) is 0.603. The Balaban J connectivity index is 2.10. The number of tetrazole rings is 1. The highest BCUT2D eigenvalue weighted by atomic mass is 15.5. The number of aromatic amines is 1. The molecule has 0 amide bonds. The first-order chi connectivity index (χ1) is 9.88. The van der Waals surface area contributed by atoms with Gasteiger partial charge in [0.15, 0.2) is 0 Å². The molecule has 20 heavy (non-hydrogen) atoms. The largest absolute Gasteiger partial charge is 0.340 e. The lowest BCUT2D eigenvalue weighted by atomic mass is 10.1. The van der Waals surface area contributed by atoms with E-state index in [9.17, 15) is 0 Å². The maximum absolute atomic E-state index is 5.88. The first kappa shape index (κ1) is 11.2. The predicted octanol–water partition coefficient (Wildman–Crippen LogP) is 2.69. The van der Waals surface area contributed by atoms with Crippen molar-refractivity contribution in [2.45, 2.75) is 6.54 Å².